The van der Waals surface area contributed by atoms with Gasteiger partial charge in [0, 0.05) is 0 Å². The Morgan fingerprint density at radius 1 is 1.70 bits per heavy atom. The molecular formula is C7H10O3. The third-order valence-corrected chi connectivity index (χ3v) is 0.757. The van der Waals surface area contributed by atoms with Crippen LogP contribution in [0.3, 0.4) is 0 Å². The molecule has 0 radical (unpaired) electrons. The van der Waals surface area contributed by atoms with E-state index in [4.69, 9.17) is 5.11 Å². The van der Waals surface area contributed by atoms with Gasteiger partial charge in [0.15, 0.2) is 0 Å². The highest BCUT2D eigenvalue weighted by atomic mass is 16.5. The molecule has 0 saturated carbocycles. The van der Waals surface area contributed by atoms with Crippen LogP contribution < -0.4 is 0 Å². The summed E-state index contributed by atoms with van der Waals surface area (Å²) in [5.41, 5.74) is 0. The number of esters is 1. The van der Waals surface area contributed by atoms with E-state index in [0.29, 0.717) is 0 Å². The first-order valence-electron chi connectivity index (χ1n) is 2.87. The van der Waals surface area contributed by atoms with E-state index in [9.17, 15) is 4.79 Å². The minimum absolute atomic E-state index is 0.114. The van der Waals surface area contributed by atoms with E-state index in [2.05, 4.69) is 11.3 Å². The van der Waals surface area contributed by atoms with Gasteiger partial charge in [-0.25, -0.2) is 0 Å². The second kappa shape index (κ2) is 5.88. The monoisotopic (exact) mass is 142 g/mol. The number of hydrogen-bond acceptors (Lipinski definition) is 3. The fraction of sp³-hybridized carbons (Fsp3) is 0.286. The third kappa shape index (κ3) is 4.90. The third-order valence-electron chi connectivity index (χ3n) is 0.757. The number of hydrogen-bond donors (Lipinski definition) is 1. The SMILES string of the molecule is C=CCC(=O)OCC=CO. The van der Waals surface area contributed by atoms with Gasteiger partial charge in [0.05, 0.1) is 12.7 Å². The maximum absolute atomic E-state index is 10.5. The van der Waals surface area contributed by atoms with Crippen molar-refractivity contribution in [3.8, 4) is 0 Å². The topological polar surface area (TPSA) is 46.5 Å². The van der Waals surface area contributed by atoms with Gasteiger partial charge in [-0.2, -0.15) is 0 Å². The standard InChI is InChI=1S/C7H10O3/c1-2-4-7(9)10-6-3-5-8/h2-3,5,8H,1,4,6H2. The van der Waals surface area contributed by atoms with Crippen LogP contribution in [0.5, 0.6) is 0 Å². The van der Waals surface area contributed by atoms with Crippen LogP contribution in [0.4, 0.5) is 0 Å². The van der Waals surface area contributed by atoms with Crippen LogP contribution >= 0.6 is 0 Å². The molecule has 0 spiro atoms. The zero-order valence-corrected chi connectivity index (χ0v) is 5.62. The first kappa shape index (κ1) is 8.75. The fourth-order valence-corrected chi connectivity index (χ4v) is 0.361. The maximum atomic E-state index is 10.5. The summed E-state index contributed by atoms with van der Waals surface area (Å²) in [6, 6.07) is 0. The molecule has 10 heavy (non-hydrogen) atoms. The number of aliphatic hydroxyl groups excluding tert-OH is 1. The van der Waals surface area contributed by atoms with Crippen LogP contribution in [0.25, 0.3) is 0 Å². The van der Waals surface area contributed by atoms with Gasteiger partial charge < -0.3 is 9.84 Å². The van der Waals surface area contributed by atoms with Crippen molar-refractivity contribution in [1.82, 2.24) is 0 Å². The molecule has 0 aliphatic heterocycles. The highest BCUT2D eigenvalue weighted by Gasteiger charge is 1.94. The van der Waals surface area contributed by atoms with Gasteiger partial charge in [0.2, 0.25) is 0 Å². The summed E-state index contributed by atoms with van der Waals surface area (Å²) >= 11 is 0. The molecule has 0 atom stereocenters. The Balaban J connectivity index is 3.30. The van der Waals surface area contributed by atoms with Crippen molar-refractivity contribution in [2.24, 2.45) is 0 Å². The minimum atomic E-state index is -0.340. The Morgan fingerprint density at radius 2 is 2.40 bits per heavy atom. The van der Waals surface area contributed by atoms with Gasteiger partial charge in [0.1, 0.15) is 6.61 Å². The molecule has 0 aliphatic rings. The lowest BCUT2D eigenvalue weighted by Crippen LogP contribution is -2.01. The number of ether oxygens (including phenoxy) is 1. The minimum Gasteiger partial charge on any atom is -0.516 e. The number of rotatable bonds is 4. The molecule has 0 amide bonds. The Hall–Kier alpha value is -1.25. The Morgan fingerprint density at radius 3 is 2.90 bits per heavy atom. The normalized spacial score (nSPS) is 9.60. The van der Waals surface area contributed by atoms with Crippen LogP contribution in [0.15, 0.2) is 25.0 Å². The second-order valence-electron chi connectivity index (χ2n) is 1.56. The molecule has 1 N–H and O–H groups in total. The quantitative estimate of drug-likeness (QED) is 0.364. The van der Waals surface area contributed by atoms with Crippen LogP contribution in [0.1, 0.15) is 6.42 Å². The van der Waals surface area contributed by atoms with E-state index >= 15 is 0 Å². The molecule has 0 unspecified atom stereocenters. The zero-order chi connectivity index (χ0) is 7.82. The molecule has 0 aliphatic carbocycles. The van der Waals surface area contributed by atoms with E-state index in [1.165, 1.54) is 12.2 Å². The summed E-state index contributed by atoms with van der Waals surface area (Å²) in [4.78, 5) is 10.5. The second-order valence-corrected chi connectivity index (χ2v) is 1.56. The highest BCUT2D eigenvalue weighted by Crippen LogP contribution is 1.86. The van der Waals surface area contributed by atoms with Crippen LogP contribution in [0.2, 0.25) is 0 Å². The molecular weight excluding hydrogens is 132 g/mol. The van der Waals surface area contributed by atoms with Gasteiger partial charge in [-0.15, -0.1) is 6.58 Å². The van der Waals surface area contributed by atoms with Gasteiger partial charge in [-0.1, -0.05) is 6.08 Å². The number of carbonyl (C=O) groups excluding carboxylic acids is 1. The van der Waals surface area contributed by atoms with E-state index in [0.717, 1.165) is 6.26 Å². The van der Waals surface area contributed by atoms with Crippen molar-refractivity contribution in [3.05, 3.63) is 25.0 Å². The van der Waals surface area contributed by atoms with Gasteiger partial charge in [-0.3, -0.25) is 4.79 Å². The van der Waals surface area contributed by atoms with E-state index in [-0.39, 0.29) is 19.0 Å². The van der Waals surface area contributed by atoms with Crippen LogP contribution in [-0.4, -0.2) is 17.7 Å². The van der Waals surface area contributed by atoms with Gasteiger partial charge in [-0.05, 0) is 6.08 Å². The zero-order valence-electron chi connectivity index (χ0n) is 5.62. The molecule has 56 valence electrons. The number of carbonyl (C=O) groups is 1. The summed E-state index contributed by atoms with van der Waals surface area (Å²) < 4.78 is 4.57. The van der Waals surface area contributed by atoms with Crippen LogP contribution in [-0.2, 0) is 9.53 Å². The van der Waals surface area contributed by atoms with Crippen molar-refractivity contribution in [2.45, 2.75) is 6.42 Å². The number of aliphatic hydroxyl groups is 1. The average Bonchev–Trinajstić information content (AvgIpc) is 1.89. The molecule has 3 heteroatoms. The summed E-state index contributed by atoms with van der Waals surface area (Å²) in [6.45, 7) is 3.47. The summed E-state index contributed by atoms with van der Waals surface area (Å²) in [5, 5.41) is 8.12. The fourth-order valence-electron chi connectivity index (χ4n) is 0.361. The van der Waals surface area contributed by atoms with Crippen molar-refractivity contribution >= 4 is 5.97 Å². The highest BCUT2D eigenvalue weighted by molar-refractivity contribution is 5.71. The molecule has 0 aromatic carbocycles. The van der Waals surface area contributed by atoms with Crippen molar-refractivity contribution in [3.63, 3.8) is 0 Å². The van der Waals surface area contributed by atoms with Crippen molar-refractivity contribution in [2.75, 3.05) is 6.61 Å². The van der Waals surface area contributed by atoms with Crippen LogP contribution in [0, 0.1) is 0 Å². The lowest BCUT2D eigenvalue weighted by molar-refractivity contribution is -0.141. The Kier molecular flexibility index (Phi) is 5.14. The Bertz CT molecular complexity index is 138. The van der Waals surface area contributed by atoms with E-state index < -0.39 is 0 Å². The largest absolute Gasteiger partial charge is 0.516 e. The van der Waals surface area contributed by atoms with Gasteiger partial charge >= 0.3 is 5.97 Å². The maximum Gasteiger partial charge on any atom is 0.309 e. The first-order chi connectivity index (χ1) is 4.81. The smallest absolute Gasteiger partial charge is 0.309 e. The molecule has 0 saturated heterocycles. The molecule has 3 nitrogen and oxygen atoms in total. The lowest BCUT2D eigenvalue weighted by Gasteiger charge is -1.95. The first-order valence-corrected chi connectivity index (χ1v) is 2.87. The van der Waals surface area contributed by atoms with E-state index in [1.54, 1.807) is 0 Å². The predicted molar refractivity (Wildman–Crippen MR) is 37.5 cm³/mol. The van der Waals surface area contributed by atoms with Crippen molar-refractivity contribution in [1.29, 1.82) is 0 Å². The lowest BCUT2D eigenvalue weighted by atomic mass is 10.4. The molecule has 0 aromatic rings. The molecule has 0 bridgehead atoms. The predicted octanol–water partition coefficient (Wildman–Crippen LogP) is 1.18. The van der Waals surface area contributed by atoms with Gasteiger partial charge in [0.25, 0.3) is 0 Å². The summed E-state index contributed by atoms with van der Waals surface area (Å²) in [7, 11) is 0. The molecule has 0 fully saturated rings. The molecule has 0 aromatic heterocycles. The Labute approximate surface area is 59.6 Å². The molecule has 0 heterocycles. The van der Waals surface area contributed by atoms with Crippen molar-refractivity contribution < 1.29 is 14.6 Å². The summed E-state index contributed by atoms with van der Waals surface area (Å²) in [5.74, 6) is -0.340. The average molecular weight is 142 g/mol. The summed E-state index contributed by atoms with van der Waals surface area (Å²) in [6.07, 6.45) is 3.84. The molecule has 0 rings (SSSR count). The van der Waals surface area contributed by atoms with E-state index in [1.807, 2.05) is 0 Å².